The standard InChI is InChI=1S/C18H20N6O/c1-13-9-23-11-15(7-8-17(23)19-13)20-18(25)16-12-24(22-21-16)10-14-5-3-2-4-6-14/h2-6,9,12,15H,7-8,10-11H2,1H3,(H,20,25)/t15-/m0/s1. The lowest BCUT2D eigenvalue weighted by molar-refractivity contribution is 0.0922. The molecule has 1 amide bonds. The average molecular weight is 336 g/mol. The lowest BCUT2D eigenvalue weighted by Crippen LogP contribution is -2.41. The molecule has 128 valence electrons. The Morgan fingerprint density at radius 2 is 2.12 bits per heavy atom. The Labute approximate surface area is 145 Å². The molecule has 2 aromatic heterocycles. The van der Waals surface area contributed by atoms with Crippen molar-refractivity contribution in [2.24, 2.45) is 0 Å². The predicted molar refractivity (Wildman–Crippen MR) is 92.1 cm³/mol. The number of nitrogens with one attached hydrogen (secondary N) is 1. The molecule has 0 spiro atoms. The summed E-state index contributed by atoms with van der Waals surface area (Å²) in [5, 5.41) is 11.1. The van der Waals surface area contributed by atoms with Gasteiger partial charge in [0.1, 0.15) is 5.82 Å². The van der Waals surface area contributed by atoms with Gasteiger partial charge in [0.05, 0.1) is 18.4 Å². The van der Waals surface area contributed by atoms with Gasteiger partial charge in [0, 0.05) is 25.2 Å². The summed E-state index contributed by atoms with van der Waals surface area (Å²) >= 11 is 0. The van der Waals surface area contributed by atoms with E-state index < -0.39 is 0 Å². The summed E-state index contributed by atoms with van der Waals surface area (Å²) in [7, 11) is 0. The molecule has 25 heavy (non-hydrogen) atoms. The van der Waals surface area contributed by atoms with Gasteiger partial charge in [-0.25, -0.2) is 9.67 Å². The largest absolute Gasteiger partial charge is 0.346 e. The topological polar surface area (TPSA) is 77.6 Å². The molecule has 1 aromatic carbocycles. The summed E-state index contributed by atoms with van der Waals surface area (Å²) in [5.74, 6) is 0.918. The summed E-state index contributed by atoms with van der Waals surface area (Å²) < 4.78 is 3.80. The summed E-state index contributed by atoms with van der Waals surface area (Å²) in [4.78, 5) is 16.9. The van der Waals surface area contributed by atoms with E-state index in [-0.39, 0.29) is 11.9 Å². The highest BCUT2D eigenvalue weighted by Crippen LogP contribution is 2.15. The van der Waals surface area contributed by atoms with Crippen LogP contribution in [0.2, 0.25) is 0 Å². The number of aromatic nitrogens is 5. The number of fused-ring (bicyclic) bond motifs is 1. The van der Waals surface area contributed by atoms with Gasteiger partial charge < -0.3 is 9.88 Å². The number of hydrogen-bond acceptors (Lipinski definition) is 4. The van der Waals surface area contributed by atoms with Crippen molar-refractivity contribution in [1.29, 1.82) is 0 Å². The van der Waals surface area contributed by atoms with E-state index in [4.69, 9.17) is 0 Å². The van der Waals surface area contributed by atoms with E-state index in [1.165, 1.54) is 0 Å². The third-order valence-electron chi connectivity index (χ3n) is 4.41. The van der Waals surface area contributed by atoms with E-state index in [0.29, 0.717) is 12.2 Å². The predicted octanol–water partition coefficient (Wildman–Crippen LogP) is 1.58. The second kappa shape index (κ2) is 6.51. The van der Waals surface area contributed by atoms with Gasteiger partial charge in [-0.2, -0.15) is 0 Å². The number of rotatable bonds is 4. The number of aryl methyl sites for hydroxylation is 2. The van der Waals surface area contributed by atoms with Crippen molar-refractivity contribution in [3.63, 3.8) is 0 Å². The highest BCUT2D eigenvalue weighted by Gasteiger charge is 2.22. The van der Waals surface area contributed by atoms with Crippen molar-refractivity contribution in [1.82, 2.24) is 29.9 Å². The van der Waals surface area contributed by atoms with Crippen LogP contribution in [0, 0.1) is 6.92 Å². The van der Waals surface area contributed by atoms with Gasteiger partial charge in [0.15, 0.2) is 5.69 Å². The molecular weight excluding hydrogens is 316 g/mol. The molecule has 1 atom stereocenters. The van der Waals surface area contributed by atoms with Crippen molar-refractivity contribution in [2.45, 2.75) is 38.9 Å². The molecular formula is C18H20N6O. The number of amides is 1. The smallest absolute Gasteiger partial charge is 0.273 e. The molecule has 3 heterocycles. The third-order valence-corrected chi connectivity index (χ3v) is 4.41. The lowest BCUT2D eigenvalue weighted by atomic mass is 10.1. The molecule has 1 aliphatic heterocycles. The lowest BCUT2D eigenvalue weighted by Gasteiger charge is -2.24. The maximum atomic E-state index is 12.4. The van der Waals surface area contributed by atoms with Crippen molar-refractivity contribution in [3.8, 4) is 0 Å². The zero-order valence-corrected chi connectivity index (χ0v) is 14.1. The van der Waals surface area contributed by atoms with Gasteiger partial charge in [-0.3, -0.25) is 4.79 Å². The molecule has 0 bridgehead atoms. The highest BCUT2D eigenvalue weighted by atomic mass is 16.2. The minimum absolute atomic E-state index is 0.0906. The Morgan fingerprint density at radius 3 is 2.96 bits per heavy atom. The van der Waals surface area contributed by atoms with Crippen LogP contribution in [0.4, 0.5) is 0 Å². The van der Waals surface area contributed by atoms with Crippen LogP contribution in [-0.2, 0) is 19.5 Å². The van der Waals surface area contributed by atoms with Crippen LogP contribution in [0.5, 0.6) is 0 Å². The van der Waals surface area contributed by atoms with Crippen LogP contribution < -0.4 is 5.32 Å². The molecule has 0 radical (unpaired) electrons. The molecule has 0 fully saturated rings. The number of nitrogens with zero attached hydrogens (tertiary/aromatic N) is 5. The number of hydrogen-bond donors (Lipinski definition) is 1. The van der Waals surface area contributed by atoms with Crippen LogP contribution in [-0.4, -0.2) is 36.5 Å². The zero-order valence-electron chi connectivity index (χ0n) is 14.1. The fourth-order valence-corrected chi connectivity index (χ4v) is 3.21. The van der Waals surface area contributed by atoms with Crippen molar-refractivity contribution in [3.05, 3.63) is 65.5 Å². The Hall–Kier alpha value is -2.96. The van der Waals surface area contributed by atoms with Gasteiger partial charge in [0.2, 0.25) is 0 Å². The molecule has 0 saturated carbocycles. The van der Waals surface area contributed by atoms with Gasteiger partial charge in [-0.15, -0.1) is 5.10 Å². The SMILES string of the molecule is Cc1cn2c(n1)CC[C@H](NC(=O)c1cn(Cc3ccccc3)nn1)C2. The molecule has 3 aromatic rings. The average Bonchev–Trinajstić information content (AvgIpc) is 3.21. The molecule has 1 N–H and O–H groups in total. The number of carbonyl (C=O) groups is 1. The Morgan fingerprint density at radius 1 is 1.28 bits per heavy atom. The van der Waals surface area contributed by atoms with E-state index in [0.717, 1.165) is 36.5 Å². The van der Waals surface area contributed by atoms with Gasteiger partial charge in [-0.1, -0.05) is 35.5 Å². The van der Waals surface area contributed by atoms with Crippen molar-refractivity contribution >= 4 is 5.91 Å². The minimum atomic E-state index is -0.176. The summed E-state index contributed by atoms with van der Waals surface area (Å²) in [6.45, 7) is 3.34. The second-order valence-corrected chi connectivity index (χ2v) is 6.45. The van der Waals surface area contributed by atoms with Crippen molar-refractivity contribution < 1.29 is 4.79 Å². The van der Waals surface area contributed by atoms with Crippen LogP contribution in [0.15, 0.2) is 42.7 Å². The number of carbonyl (C=O) groups excluding carboxylic acids is 1. The zero-order chi connectivity index (χ0) is 17.2. The first kappa shape index (κ1) is 15.6. The highest BCUT2D eigenvalue weighted by molar-refractivity contribution is 5.92. The van der Waals surface area contributed by atoms with Gasteiger partial charge in [0.25, 0.3) is 5.91 Å². The quantitative estimate of drug-likeness (QED) is 0.785. The first-order valence-corrected chi connectivity index (χ1v) is 8.45. The molecule has 4 rings (SSSR count). The first-order chi connectivity index (χ1) is 12.2. The van der Waals surface area contributed by atoms with E-state index in [1.807, 2.05) is 43.5 Å². The Bertz CT molecular complexity index is 882. The van der Waals surface area contributed by atoms with Gasteiger partial charge >= 0.3 is 0 Å². The second-order valence-electron chi connectivity index (χ2n) is 6.45. The Kier molecular flexibility index (Phi) is 4.05. The van der Waals surface area contributed by atoms with Crippen LogP contribution in [0.1, 0.15) is 34.0 Å². The maximum Gasteiger partial charge on any atom is 0.273 e. The van der Waals surface area contributed by atoms with E-state index >= 15 is 0 Å². The normalized spacial score (nSPS) is 16.4. The van der Waals surface area contributed by atoms with E-state index in [2.05, 4.69) is 25.2 Å². The van der Waals surface area contributed by atoms with E-state index in [9.17, 15) is 4.79 Å². The fourth-order valence-electron chi connectivity index (χ4n) is 3.21. The molecule has 7 heteroatoms. The summed E-state index contributed by atoms with van der Waals surface area (Å²) in [6.07, 6.45) is 5.49. The van der Waals surface area contributed by atoms with Crippen molar-refractivity contribution in [2.75, 3.05) is 0 Å². The Balaban J connectivity index is 1.39. The van der Waals surface area contributed by atoms with Crippen LogP contribution in [0.3, 0.4) is 0 Å². The maximum absolute atomic E-state index is 12.4. The number of imidazole rings is 1. The molecule has 0 saturated heterocycles. The molecule has 1 aliphatic rings. The molecule has 0 unspecified atom stereocenters. The first-order valence-electron chi connectivity index (χ1n) is 8.45. The number of benzene rings is 1. The fraction of sp³-hybridized carbons (Fsp3) is 0.333. The molecule has 0 aliphatic carbocycles. The summed E-state index contributed by atoms with van der Waals surface area (Å²) in [6, 6.07) is 10.1. The van der Waals surface area contributed by atoms with E-state index in [1.54, 1.807) is 10.9 Å². The summed E-state index contributed by atoms with van der Waals surface area (Å²) in [5.41, 5.74) is 2.49. The monoisotopic (exact) mass is 336 g/mol. The minimum Gasteiger partial charge on any atom is -0.346 e. The van der Waals surface area contributed by atoms with Gasteiger partial charge in [-0.05, 0) is 18.9 Å². The van der Waals surface area contributed by atoms with Crippen LogP contribution >= 0.6 is 0 Å². The van der Waals surface area contributed by atoms with Crippen LogP contribution in [0.25, 0.3) is 0 Å². The third kappa shape index (κ3) is 3.45. The molecule has 7 nitrogen and oxygen atoms in total.